The lowest BCUT2D eigenvalue weighted by Crippen LogP contribution is -2.53. The van der Waals surface area contributed by atoms with Crippen LogP contribution in [0.15, 0.2) is 0 Å². The van der Waals surface area contributed by atoms with Gasteiger partial charge in [0.2, 0.25) is 0 Å². The summed E-state index contributed by atoms with van der Waals surface area (Å²) in [7, 11) is 1.91. The average Bonchev–Trinajstić information content (AvgIpc) is 2.01. The van der Waals surface area contributed by atoms with Crippen LogP contribution in [0, 0.1) is 0 Å². The highest BCUT2D eigenvalue weighted by atomic mass is 19.1. The molecule has 1 heterocycles. The molecule has 0 aromatic carbocycles. The summed E-state index contributed by atoms with van der Waals surface area (Å²) in [5.74, 6) is 0. The lowest BCUT2D eigenvalue weighted by Gasteiger charge is -2.43. The van der Waals surface area contributed by atoms with Crippen molar-refractivity contribution >= 4 is 0 Å². The Morgan fingerprint density at radius 3 is 2.38 bits per heavy atom. The fourth-order valence-electron chi connectivity index (χ4n) is 1.93. The molecule has 1 fully saturated rings. The monoisotopic (exact) mass is 188 g/mol. The Balaban J connectivity index is 2.53. The molecule has 0 aromatic heterocycles. The molecule has 0 bridgehead atoms. The minimum absolute atomic E-state index is 0.0435. The first-order chi connectivity index (χ1) is 5.95. The zero-order chi connectivity index (χ0) is 10.1. The highest BCUT2D eigenvalue weighted by molar-refractivity contribution is 4.86. The third kappa shape index (κ3) is 2.64. The van der Waals surface area contributed by atoms with Gasteiger partial charge >= 0.3 is 0 Å². The third-order valence-corrected chi connectivity index (χ3v) is 2.81. The van der Waals surface area contributed by atoms with Gasteiger partial charge in [0.25, 0.3) is 0 Å². The summed E-state index contributed by atoms with van der Waals surface area (Å²) >= 11 is 0. The van der Waals surface area contributed by atoms with Crippen LogP contribution in [-0.2, 0) is 0 Å². The van der Waals surface area contributed by atoms with Gasteiger partial charge in [0.05, 0.1) is 0 Å². The number of hydrogen-bond donors (Lipinski definition) is 1. The van der Waals surface area contributed by atoms with Crippen molar-refractivity contribution in [1.29, 1.82) is 0 Å². The van der Waals surface area contributed by atoms with E-state index in [2.05, 4.69) is 26.1 Å². The molecule has 0 spiro atoms. The summed E-state index contributed by atoms with van der Waals surface area (Å²) in [6.45, 7) is 7.06. The molecule has 0 radical (unpaired) electrons. The van der Waals surface area contributed by atoms with E-state index in [1.165, 1.54) is 0 Å². The molecule has 0 aliphatic carbocycles. The number of piperidine rings is 1. The highest BCUT2D eigenvalue weighted by Crippen LogP contribution is 2.26. The third-order valence-electron chi connectivity index (χ3n) is 2.81. The topological polar surface area (TPSA) is 15.3 Å². The molecule has 0 amide bonds. The van der Waals surface area contributed by atoms with Gasteiger partial charge in [0, 0.05) is 24.5 Å². The van der Waals surface area contributed by atoms with Crippen LogP contribution in [0.5, 0.6) is 0 Å². The van der Waals surface area contributed by atoms with Crippen molar-refractivity contribution < 1.29 is 4.39 Å². The number of halogens is 1. The Hall–Kier alpha value is -0.150. The lowest BCUT2D eigenvalue weighted by molar-refractivity contribution is -0.0295. The van der Waals surface area contributed by atoms with Crippen LogP contribution in [0.25, 0.3) is 0 Å². The Morgan fingerprint density at radius 1 is 1.38 bits per heavy atom. The highest BCUT2D eigenvalue weighted by Gasteiger charge is 2.34. The predicted molar refractivity (Wildman–Crippen MR) is 53.4 cm³/mol. The minimum atomic E-state index is -0.786. The van der Waals surface area contributed by atoms with Crippen LogP contribution < -0.4 is 5.32 Å². The molecule has 1 aliphatic heterocycles. The molecule has 13 heavy (non-hydrogen) atoms. The van der Waals surface area contributed by atoms with Gasteiger partial charge in [0.1, 0.15) is 0 Å². The Kier molecular flexibility index (Phi) is 3.30. The van der Waals surface area contributed by atoms with Crippen LogP contribution in [0.1, 0.15) is 33.6 Å². The number of alkyl halides is 1. The fourth-order valence-corrected chi connectivity index (χ4v) is 1.93. The molecule has 3 heteroatoms. The maximum atomic E-state index is 13.7. The van der Waals surface area contributed by atoms with Crippen molar-refractivity contribution in [2.45, 2.75) is 51.5 Å². The van der Waals surface area contributed by atoms with Crippen LogP contribution in [0.4, 0.5) is 4.39 Å². The number of nitrogens with zero attached hydrogens (tertiary/aromatic N) is 1. The molecular weight excluding hydrogens is 167 g/mol. The van der Waals surface area contributed by atoms with Gasteiger partial charge < -0.3 is 5.32 Å². The van der Waals surface area contributed by atoms with Crippen LogP contribution in [0.2, 0.25) is 0 Å². The van der Waals surface area contributed by atoms with Gasteiger partial charge in [-0.2, -0.15) is 0 Å². The molecule has 1 rings (SSSR count). The second-order valence-corrected chi connectivity index (χ2v) is 4.81. The summed E-state index contributed by atoms with van der Waals surface area (Å²) in [6.07, 6.45) is 0.883. The van der Waals surface area contributed by atoms with E-state index in [0.29, 0.717) is 12.5 Å². The van der Waals surface area contributed by atoms with Gasteiger partial charge in [-0.25, -0.2) is 4.39 Å². The summed E-state index contributed by atoms with van der Waals surface area (Å²) in [4.78, 5) is 1.95. The maximum Gasteiger partial charge on any atom is 0.155 e. The van der Waals surface area contributed by atoms with E-state index in [9.17, 15) is 4.39 Å². The van der Waals surface area contributed by atoms with Gasteiger partial charge in [-0.15, -0.1) is 0 Å². The lowest BCUT2D eigenvalue weighted by atomic mass is 9.97. The van der Waals surface area contributed by atoms with Crippen molar-refractivity contribution in [1.82, 2.24) is 10.2 Å². The Bertz CT molecular complexity index is 165. The van der Waals surface area contributed by atoms with Crippen molar-refractivity contribution in [3.63, 3.8) is 0 Å². The summed E-state index contributed by atoms with van der Waals surface area (Å²) in [5.41, 5.74) is -0.0435. The molecule has 78 valence electrons. The molecule has 2 atom stereocenters. The molecule has 0 aromatic rings. The fraction of sp³-hybridized carbons (Fsp3) is 1.00. The second-order valence-electron chi connectivity index (χ2n) is 4.81. The van der Waals surface area contributed by atoms with Crippen molar-refractivity contribution in [2.24, 2.45) is 0 Å². The van der Waals surface area contributed by atoms with E-state index < -0.39 is 6.30 Å². The Labute approximate surface area is 80.5 Å². The smallest absolute Gasteiger partial charge is 0.155 e. The first kappa shape index (κ1) is 10.9. The van der Waals surface area contributed by atoms with Gasteiger partial charge in [-0.1, -0.05) is 0 Å². The molecule has 2 unspecified atom stereocenters. The summed E-state index contributed by atoms with van der Waals surface area (Å²) < 4.78 is 13.7. The van der Waals surface area contributed by atoms with Crippen LogP contribution in [-0.4, -0.2) is 36.4 Å². The number of rotatable bonds is 1. The van der Waals surface area contributed by atoms with Crippen molar-refractivity contribution in [3.8, 4) is 0 Å². The molecular formula is C10H21FN2. The van der Waals surface area contributed by atoms with Crippen molar-refractivity contribution in [2.75, 3.05) is 13.6 Å². The average molecular weight is 188 g/mol. The molecule has 1 N–H and O–H groups in total. The van der Waals surface area contributed by atoms with Gasteiger partial charge in [0.15, 0.2) is 6.30 Å². The first-order valence-electron chi connectivity index (χ1n) is 5.03. The number of nitrogens with one attached hydrogen (secondary N) is 1. The van der Waals surface area contributed by atoms with Crippen molar-refractivity contribution in [3.05, 3.63) is 0 Å². The molecule has 2 nitrogen and oxygen atoms in total. The van der Waals surface area contributed by atoms with E-state index in [1.807, 2.05) is 11.9 Å². The molecule has 1 saturated heterocycles. The predicted octanol–water partition coefficient (Wildman–Crippen LogP) is 1.76. The molecule has 1 aliphatic rings. The van der Waals surface area contributed by atoms with Crippen LogP contribution >= 0.6 is 0 Å². The normalized spacial score (nSPS) is 32.1. The number of likely N-dealkylation sites (tertiary alicyclic amines) is 1. The number of hydrogen-bond acceptors (Lipinski definition) is 2. The standard InChI is InChI=1S/C10H21FN2/c1-10(2,3)13-6-5-8(12-4)7-9(13)11/h8-9,12H,5-7H2,1-4H3. The van der Waals surface area contributed by atoms with E-state index >= 15 is 0 Å². The van der Waals surface area contributed by atoms with E-state index in [0.717, 1.165) is 13.0 Å². The summed E-state index contributed by atoms with van der Waals surface area (Å²) in [6, 6.07) is 0.355. The minimum Gasteiger partial charge on any atom is -0.317 e. The summed E-state index contributed by atoms with van der Waals surface area (Å²) in [5, 5.41) is 3.14. The zero-order valence-electron chi connectivity index (χ0n) is 9.10. The van der Waals surface area contributed by atoms with E-state index in [1.54, 1.807) is 0 Å². The molecule has 0 saturated carbocycles. The SMILES string of the molecule is CNC1CCN(C(C)(C)C)C(F)C1. The largest absolute Gasteiger partial charge is 0.317 e. The van der Waals surface area contributed by atoms with Gasteiger partial charge in [-0.05, 0) is 34.2 Å². The quantitative estimate of drug-likeness (QED) is 0.631. The van der Waals surface area contributed by atoms with E-state index in [-0.39, 0.29) is 5.54 Å². The maximum absolute atomic E-state index is 13.7. The first-order valence-corrected chi connectivity index (χ1v) is 5.03. The van der Waals surface area contributed by atoms with Crippen LogP contribution in [0.3, 0.4) is 0 Å². The van der Waals surface area contributed by atoms with Gasteiger partial charge in [-0.3, -0.25) is 4.90 Å². The zero-order valence-corrected chi connectivity index (χ0v) is 9.10. The second kappa shape index (κ2) is 3.93. The van der Waals surface area contributed by atoms with E-state index in [4.69, 9.17) is 0 Å². The Morgan fingerprint density at radius 2 is 2.00 bits per heavy atom.